The lowest BCUT2D eigenvalue weighted by Gasteiger charge is -2.38. The van der Waals surface area contributed by atoms with Gasteiger partial charge < -0.3 is 5.32 Å². The van der Waals surface area contributed by atoms with Crippen LogP contribution in [-0.2, 0) is 11.3 Å². The van der Waals surface area contributed by atoms with E-state index in [0.717, 1.165) is 62.3 Å². The predicted molar refractivity (Wildman–Crippen MR) is 183 cm³/mol. The van der Waals surface area contributed by atoms with E-state index in [4.69, 9.17) is 15.1 Å². The van der Waals surface area contributed by atoms with Gasteiger partial charge in [0.05, 0.1) is 11.6 Å². The van der Waals surface area contributed by atoms with Gasteiger partial charge in [-0.05, 0) is 63.8 Å². The maximum absolute atomic E-state index is 12.6. The first kappa shape index (κ1) is 31.6. The van der Waals surface area contributed by atoms with Crippen molar-refractivity contribution in [3.8, 4) is 0 Å². The number of carbonyl (C=O) groups is 1. The number of nitrogens with one attached hydrogen (secondary N) is 1. The summed E-state index contributed by atoms with van der Waals surface area (Å²) < 4.78 is 0. The molecule has 1 fully saturated rings. The van der Waals surface area contributed by atoms with Gasteiger partial charge in [-0.3, -0.25) is 19.7 Å². The first-order valence-electron chi connectivity index (χ1n) is 16.3. The summed E-state index contributed by atoms with van der Waals surface area (Å²) in [5.41, 5.74) is 5.82. The molecule has 1 aromatic carbocycles. The van der Waals surface area contributed by atoms with Gasteiger partial charge >= 0.3 is 0 Å². The van der Waals surface area contributed by atoms with Gasteiger partial charge in [0, 0.05) is 42.4 Å². The molecule has 1 amide bonds. The van der Waals surface area contributed by atoms with Crippen molar-refractivity contribution in [2.45, 2.75) is 72.3 Å². The highest BCUT2D eigenvalue weighted by molar-refractivity contribution is 6.13. The van der Waals surface area contributed by atoms with Gasteiger partial charge in [0.25, 0.3) is 0 Å². The lowest BCUT2D eigenvalue weighted by molar-refractivity contribution is -0.126. The maximum atomic E-state index is 12.6. The second kappa shape index (κ2) is 15.2. The lowest BCUT2D eigenvalue weighted by atomic mass is 9.89. The van der Waals surface area contributed by atoms with E-state index in [1.54, 1.807) is 0 Å². The summed E-state index contributed by atoms with van der Waals surface area (Å²) in [7, 11) is 0. The highest BCUT2D eigenvalue weighted by atomic mass is 16.1. The SMILES string of the molecule is CC=CC=CCC1=CC2C=NC3C(C)C(C)=NN3C2N=C1c1ccc(CN2CCC(C(=O)NCC=CC=CCC)CC2)cc1. The number of dihydropyridines is 1. The van der Waals surface area contributed by atoms with Gasteiger partial charge in [-0.2, -0.15) is 5.10 Å². The number of piperidine rings is 1. The predicted octanol–water partition coefficient (Wildman–Crippen LogP) is 6.47. The normalized spacial score (nSPS) is 26.0. The number of hydrazone groups is 1. The molecule has 0 aliphatic carbocycles. The number of hydrogen-bond acceptors (Lipinski definition) is 6. The molecule has 7 heteroatoms. The van der Waals surface area contributed by atoms with Crippen molar-refractivity contribution in [3.63, 3.8) is 0 Å². The van der Waals surface area contributed by atoms with Crippen molar-refractivity contribution in [1.29, 1.82) is 0 Å². The number of allylic oxidation sites excluding steroid dienone is 8. The molecule has 44 heavy (non-hydrogen) atoms. The summed E-state index contributed by atoms with van der Waals surface area (Å²) in [5, 5.41) is 10.1. The molecule has 0 spiro atoms. The monoisotopic (exact) mass is 592 g/mol. The average Bonchev–Trinajstić information content (AvgIpc) is 3.34. The van der Waals surface area contributed by atoms with Crippen LogP contribution in [0.3, 0.4) is 0 Å². The van der Waals surface area contributed by atoms with Crippen LogP contribution < -0.4 is 5.32 Å². The van der Waals surface area contributed by atoms with Crippen molar-refractivity contribution in [2.75, 3.05) is 19.6 Å². The average molecular weight is 593 g/mol. The van der Waals surface area contributed by atoms with Crippen LogP contribution in [-0.4, -0.2) is 65.4 Å². The van der Waals surface area contributed by atoms with Crippen LogP contribution in [0.15, 0.2) is 99.6 Å². The van der Waals surface area contributed by atoms with Gasteiger partial charge in [-0.15, -0.1) is 0 Å². The van der Waals surface area contributed by atoms with Crippen LogP contribution in [0.1, 0.15) is 64.5 Å². The molecule has 1 N–H and O–H groups in total. The minimum absolute atomic E-state index is 0.0354. The molecule has 0 bridgehead atoms. The molecule has 4 unspecified atom stereocenters. The smallest absolute Gasteiger partial charge is 0.223 e. The summed E-state index contributed by atoms with van der Waals surface area (Å²) >= 11 is 0. The standard InChI is InChI=1S/C37H48N6O/c1-5-7-9-11-13-21-38-37(44)31-19-22-42(23-20-31)26-29-15-17-30(18-16-29)34-32(14-12-10-8-6-2)24-33-25-39-35-27(3)28(4)41-43(35)36(33)40-34/h6-13,15-18,24-25,27,31,33,35-36H,5,14,19-23,26H2,1-4H3,(H,38,44). The topological polar surface area (TPSA) is 72.7 Å². The number of benzene rings is 1. The molecule has 0 radical (unpaired) electrons. The number of carbonyl (C=O) groups excluding carboxylic acids is 1. The first-order chi connectivity index (χ1) is 21.5. The highest BCUT2D eigenvalue weighted by Crippen LogP contribution is 2.36. The fraction of sp³-hybridized carbons (Fsp3) is 0.459. The molecule has 232 valence electrons. The van der Waals surface area contributed by atoms with Crippen LogP contribution in [0.25, 0.3) is 0 Å². The summed E-state index contributed by atoms with van der Waals surface area (Å²) in [4.78, 5) is 25.3. The van der Waals surface area contributed by atoms with Crippen LogP contribution in [0.5, 0.6) is 0 Å². The number of fused-ring (bicyclic) bond motifs is 3. The highest BCUT2D eigenvalue weighted by Gasteiger charge is 2.42. The Balaban J connectivity index is 1.22. The van der Waals surface area contributed by atoms with Crippen molar-refractivity contribution in [2.24, 2.45) is 32.8 Å². The summed E-state index contributed by atoms with van der Waals surface area (Å²) in [6, 6.07) is 8.91. The fourth-order valence-electron chi connectivity index (χ4n) is 6.29. The van der Waals surface area contributed by atoms with Gasteiger partial charge in [0.1, 0.15) is 6.17 Å². The number of nitrogens with zero attached hydrogens (tertiary/aromatic N) is 5. The van der Waals surface area contributed by atoms with Gasteiger partial charge in [-0.1, -0.05) is 92.8 Å². The molecule has 5 rings (SSSR count). The summed E-state index contributed by atoms with van der Waals surface area (Å²) in [5.74, 6) is 0.696. The Morgan fingerprint density at radius 1 is 1.02 bits per heavy atom. The van der Waals surface area contributed by atoms with E-state index in [1.165, 1.54) is 11.1 Å². The zero-order valence-corrected chi connectivity index (χ0v) is 26.8. The van der Waals surface area contributed by atoms with Gasteiger partial charge in [-0.25, -0.2) is 5.01 Å². The number of rotatable bonds is 11. The van der Waals surface area contributed by atoms with Gasteiger partial charge in [0.15, 0.2) is 6.17 Å². The van der Waals surface area contributed by atoms with E-state index in [9.17, 15) is 4.79 Å². The van der Waals surface area contributed by atoms with E-state index < -0.39 is 0 Å². The fourth-order valence-corrected chi connectivity index (χ4v) is 6.29. The minimum Gasteiger partial charge on any atom is -0.352 e. The zero-order valence-electron chi connectivity index (χ0n) is 26.8. The molecule has 1 saturated heterocycles. The Kier molecular flexibility index (Phi) is 10.9. The van der Waals surface area contributed by atoms with E-state index in [-0.39, 0.29) is 30.1 Å². The molecular formula is C37H48N6O. The summed E-state index contributed by atoms with van der Waals surface area (Å²) in [6.07, 6.45) is 24.6. The van der Waals surface area contributed by atoms with Crippen molar-refractivity contribution in [3.05, 3.63) is 95.6 Å². The van der Waals surface area contributed by atoms with E-state index in [0.29, 0.717) is 12.5 Å². The van der Waals surface area contributed by atoms with E-state index in [2.05, 4.69) is 96.9 Å². The lowest BCUT2D eigenvalue weighted by Crippen LogP contribution is -2.47. The van der Waals surface area contributed by atoms with Crippen LogP contribution in [0, 0.1) is 17.8 Å². The van der Waals surface area contributed by atoms with Crippen molar-refractivity contribution >= 4 is 23.5 Å². The second-order valence-electron chi connectivity index (χ2n) is 12.2. The molecule has 0 saturated carbocycles. The maximum Gasteiger partial charge on any atom is 0.223 e. The molecule has 0 aromatic heterocycles. The van der Waals surface area contributed by atoms with E-state index in [1.807, 2.05) is 31.2 Å². The Labute approximate surface area is 263 Å². The van der Waals surface area contributed by atoms with Crippen molar-refractivity contribution in [1.82, 2.24) is 15.2 Å². The van der Waals surface area contributed by atoms with E-state index >= 15 is 0 Å². The summed E-state index contributed by atoms with van der Waals surface area (Å²) in [6.45, 7) is 11.8. The molecule has 4 atom stereocenters. The van der Waals surface area contributed by atoms with Crippen LogP contribution in [0.4, 0.5) is 0 Å². The van der Waals surface area contributed by atoms with Crippen LogP contribution >= 0.6 is 0 Å². The molecular weight excluding hydrogens is 544 g/mol. The number of hydrogen-bond donors (Lipinski definition) is 1. The second-order valence-corrected chi connectivity index (χ2v) is 12.2. The number of likely N-dealkylation sites (tertiary alicyclic amines) is 1. The largest absolute Gasteiger partial charge is 0.352 e. The molecule has 4 heterocycles. The Bertz CT molecular complexity index is 1390. The zero-order chi connectivity index (χ0) is 30.9. The third-order valence-corrected chi connectivity index (χ3v) is 9.02. The van der Waals surface area contributed by atoms with Crippen LogP contribution in [0.2, 0.25) is 0 Å². The number of amides is 1. The molecule has 4 aliphatic heterocycles. The number of aliphatic imine (C=N–C) groups is 2. The Hall–Kier alpha value is -3.84. The molecule has 1 aromatic rings. The molecule has 4 aliphatic rings. The Morgan fingerprint density at radius 2 is 1.77 bits per heavy atom. The third-order valence-electron chi connectivity index (χ3n) is 9.02. The Morgan fingerprint density at radius 3 is 2.52 bits per heavy atom. The minimum atomic E-state index is -0.0669. The van der Waals surface area contributed by atoms with Gasteiger partial charge in [0.2, 0.25) is 5.91 Å². The quantitative estimate of drug-likeness (QED) is 0.300. The first-order valence-corrected chi connectivity index (χ1v) is 16.3. The molecule has 7 nitrogen and oxygen atoms in total. The third kappa shape index (κ3) is 7.62. The van der Waals surface area contributed by atoms with Crippen molar-refractivity contribution < 1.29 is 4.79 Å².